The van der Waals surface area contributed by atoms with Crippen LogP contribution in [0.3, 0.4) is 0 Å². The maximum Gasteiger partial charge on any atom is 0.235 e. The van der Waals surface area contributed by atoms with Gasteiger partial charge in [-0.2, -0.15) is 4.31 Å². The Labute approximate surface area is 126 Å². The Morgan fingerprint density at radius 3 is 2.38 bits per heavy atom. The molecule has 1 rings (SSSR count). The van der Waals surface area contributed by atoms with Gasteiger partial charge in [-0.05, 0) is 32.4 Å². The topological polar surface area (TPSA) is 92.5 Å². The molecule has 0 bridgehead atoms. The van der Waals surface area contributed by atoms with Crippen molar-refractivity contribution in [3.05, 3.63) is 29.8 Å². The van der Waals surface area contributed by atoms with Gasteiger partial charge in [0.05, 0.1) is 12.3 Å². The zero-order valence-corrected chi connectivity index (χ0v) is 13.7. The van der Waals surface area contributed by atoms with Crippen LogP contribution >= 0.6 is 0 Å². The predicted molar refractivity (Wildman–Crippen MR) is 84.0 cm³/mol. The van der Waals surface area contributed by atoms with Crippen molar-refractivity contribution in [3.8, 4) is 0 Å². The van der Waals surface area contributed by atoms with Gasteiger partial charge in [0.2, 0.25) is 15.9 Å². The van der Waals surface area contributed by atoms with Crippen LogP contribution in [0.1, 0.15) is 26.3 Å². The lowest BCUT2D eigenvalue weighted by molar-refractivity contribution is -0.122. The molecule has 0 radical (unpaired) electrons. The number of nitrogens with zero attached hydrogens (tertiary/aromatic N) is 1. The van der Waals surface area contributed by atoms with Crippen molar-refractivity contribution in [2.24, 2.45) is 0 Å². The van der Waals surface area contributed by atoms with E-state index in [-0.39, 0.29) is 18.2 Å². The van der Waals surface area contributed by atoms with Gasteiger partial charge in [0.15, 0.2) is 0 Å². The minimum atomic E-state index is -3.59. The lowest BCUT2D eigenvalue weighted by Gasteiger charge is -2.23. The van der Waals surface area contributed by atoms with Crippen LogP contribution in [0.2, 0.25) is 0 Å². The number of rotatable bonds is 5. The third kappa shape index (κ3) is 5.73. The van der Waals surface area contributed by atoms with Crippen LogP contribution in [0.5, 0.6) is 0 Å². The van der Waals surface area contributed by atoms with E-state index < -0.39 is 15.6 Å². The van der Waals surface area contributed by atoms with Crippen molar-refractivity contribution in [2.75, 3.05) is 19.3 Å². The molecular formula is C14H23N3O3S. The van der Waals surface area contributed by atoms with Crippen LogP contribution in [-0.4, -0.2) is 37.8 Å². The highest BCUT2D eigenvalue weighted by atomic mass is 32.2. The second kappa shape index (κ2) is 6.44. The molecule has 1 aromatic carbocycles. The summed E-state index contributed by atoms with van der Waals surface area (Å²) in [7, 11) is -2.21. The molecule has 0 saturated carbocycles. The Balaban J connectivity index is 2.75. The van der Waals surface area contributed by atoms with Gasteiger partial charge in [0, 0.05) is 18.3 Å². The lowest BCUT2D eigenvalue weighted by Crippen LogP contribution is -2.46. The van der Waals surface area contributed by atoms with Crippen molar-refractivity contribution in [3.63, 3.8) is 0 Å². The van der Waals surface area contributed by atoms with E-state index in [4.69, 9.17) is 5.73 Å². The van der Waals surface area contributed by atoms with Crippen molar-refractivity contribution in [2.45, 2.75) is 32.1 Å². The van der Waals surface area contributed by atoms with E-state index in [0.29, 0.717) is 11.3 Å². The van der Waals surface area contributed by atoms with Crippen LogP contribution in [0, 0.1) is 0 Å². The Kier molecular flexibility index (Phi) is 5.36. The number of carbonyl (C=O) groups is 1. The Bertz CT molecular complexity index is 606. The molecule has 118 valence electrons. The molecule has 7 heteroatoms. The minimum absolute atomic E-state index is 0.216. The summed E-state index contributed by atoms with van der Waals surface area (Å²) in [5.74, 6) is -0.562. The highest BCUT2D eigenvalue weighted by Crippen LogP contribution is 2.16. The molecule has 1 amide bonds. The standard InChI is InChI=1S/C14H23N3O3S/c1-14(2,3)16-13(18)9-17(4)21(19,20)10-11-7-5-6-8-12(11)15/h5-8H,9-10,15H2,1-4H3,(H,16,18). The van der Waals surface area contributed by atoms with Gasteiger partial charge in [-0.1, -0.05) is 18.2 Å². The molecular weight excluding hydrogens is 290 g/mol. The largest absolute Gasteiger partial charge is 0.398 e. The Morgan fingerprint density at radius 1 is 1.29 bits per heavy atom. The molecule has 0 atom stereocenters. The first-order chi connectivity index (χ1) is 9.51. The first kappa shape index (κ1) is 17.5. The maximum absolute atomic E-state index is 12.2. The van der Waals surface area contributed by atoms with E-state index in [9.17, 15) is 13.2 Å². The maximum atomic E-state index is 12.2. The summed E-state index contributed by atoms with van der Waals surface area (Å²) in [6.45, 7) is 5.30. The molecule has 0 aliphatic heterocycles. The van der Waals surface area contributed by atoms with E-state index in [1.165, 1.54) is 7.05 Å². The number of para-hydroxylation sites is 1. The highest BCUT2D eigenvalue weighted by Gasteiger charge is 2.23. The minimum Gasteiger partial charge on any atom is -0.398 e. The van der Waals surface area contributed by atoms with Crippen LogP contribution < -0.4 is 11.1 Å². The second-order valence-electron chi connectivity index (χ2n) is 6.01. The van der Waals surface area contributed by atoms with E-state index in [0.717, 1.165) is 4.31 Å². The molecule has 0 aromatic heterocycles. The molecule has 1 aromatic rings. The monoisotopic (exact) mass is 313 g/mol. The number of anilines is 1. The lowest BCUT2D eigenvalue weighted by atomic mass is 10.1. The number of nitrogens with two attached hydrogens (primary N) is 1. The van der Waals surface area contributed by atoms with Gasteiger partial charge in [0.25, 0.3) is 0 Å². The van der Waals surface area contributed by atoms with Gasteiger partial charge in [0.1, 0.15) is 0 Å². The Hall–Kier alpha value is -1.60. The number of sulfonamides is 1. The third-order valence-corrected chi connectivity index (χ3v) is 4.50. The van der Waals surface area contributed by atoms with Gasteiger partial charge in [-0.15, -0.1) is 0 Å². The van der Waals surface area contributed by atoms with Gasteiger partial charge in [-0.3, -0.25) is 4.79 Å². The summed E-state index contributed by atoms with van der Waals surface area (Å²) in [5.41, 5.74) is 6.31. The number of benzene rings is 1. The van der Waals surface area contributed by atoms with Crippen molar-refractivity contribution < 1.29 is 13.2 Å². The number of nitrogens with one attached hydrogen (secondary N) is 1. The molecule has 0 heterocycles. The molecule has 0 unspecified atom stereocenters. The predicted octanol–water partition coefficient (Wildman–Crippen LogP) is 0.945. The highest BCUT2D eigenvalue weighted by molar-refractivity contribution is 7.88. The van der Waals surface area contributed by atoms with Gasteiger partial charge >= 0.3 is 0 Å². The molecule has 0 aliphatic rings. The molecule has 21 heavy (non-hydrogen) atoms. The van der Waals surface area contributed by atoms with E-state index in [1.54, 1.807) is 24.3 Å². The fourth-order valence-corrected chi connectivity index (χ4v) is 2.92. The molecule has 6 nitrogen and oxygen atoms in total. The van der Waals surface area contributed by atoms with Crippen LogP contribution in [0.25, 0.3) is 0 Å². The fraction of sp³-hybridized carbons (Fsp3) is 0.500. The first-order valence-corrected chi connectivity index (χ1v) is 8.20. The average molecular weight is 313 g/mol. The first-order valence-electron chi connectivity index (χ1n) is 6.60. The summed E-state index contributed by atoms with van der Waals surface area (Å²) in [4.78, 5) is 11.8. The van der Waals surface area contributed by atoms with Crippen LogP contribution in [0.4, 0.5) is 5.69 Å². The number of likely N-dealkylation sites (N-methyl/N-ethyl adjacent to an activating group) is 1. The number of amides is 1. The zero-order valence-electron chi connectivity index (χ0n) is 12.9. The van der Waals surface area contributed by atoms with Gasteiger partial charge < -0.3 is 11.1 Å². The number of carbonyl (C=O) groups excluding carboxylic acids is 1. The SMILES string of the molecule is CN(CC(=O)NC(C)(C)C)S(=O)(=O)Cc1ccccc1N. The average Bonchev–Trinajstić information content (AvgIpc) is 2.29. The van der Waals surface area contributed by atoms with Gasteiger partial charge in [-0.25, -0.2) is 8.42 Å². The number of nitrogen functional groups attached to an aromatic ring is 1. The summed E-state index contributed by atoms with van der Waals surface area (Å²) < 4.78 is 25.5. The summed E-state index contributed by atoms with van der Waals surface area (Å²) in [6.07, 6.45) is 0. The Morgan fingerprint density at radius 2 is 1.86 bits per heavy atom. The summed E-state index contributed by atoms with van der Waals surface area (Å²) in [6, 6.07) is 6.78. The van der Waals surface area contributed by atoms with Crippen molar-refractivity contribution in [1.82, 2.24) is 9.62 Å². The normalized spacial score (nSPS) is 12.4. The van der Waals surface area contributed by atoms with Crippen molar-refractivity contribution in [1.29, 1.82) is 0 Å². The fourth-order valence-electron chi connectivity index (χ4n) is 1.73. The number of hydrogen-bond acceptors (Lipinski definition) is 4. The molecule has 3 N–H and O–H groups in total. The zero-order chi connectivity index (χ0) is 16.3. The summed E-state index contributed by atoms with van der Waals surface area (Å²) in [5, 5.41) is 2.73. The van der Waals surface area contributed by atoms with E-state index >= 15 is 0 Å². The summed E-state index contributed by atoms with van der Waals surface area (Å²) >= 11 is 0. The molecule has 0 aliphatic carbocycles. The van der Waals surface area contributed by atoms with E-state index in [1.807, 2.05) is 20.8 Å². The van der Waals surface area contributed by atoms with Crippen LogP contribution in [-0.2, 0) is 20.6 Å². The molecule has 0 fully saturated rings. The second-order valence-corrected chi connectivity index (χ2v) is 8.09. The van der Waals surface area contributed by atoms with Crippen molar-refractivity contribution >= 4 is 21.6 Å². The quantitative estimate of drug-likeness (QED) is 0.791. The van der Waals surface area contributed by atoms with E-state index in [2.05, 4.69) is 5.32 Å². The molecule has 0 saturated heterocycles. The number of hydrogen-bond donors (Lipinski definition) is 2. The smallest absolute Gasteiger partial charge is 0.235 e. The third-order valence-electron chi connectivity index (χ3n) is 2.75. The van der Waals surface area contributed by atoms with Crippen LogP contribution in [0.15, 0.2) is 24.3 Å². The molecule has 0 spiro atoms.